The van der Waals surface area contributed by atoms with Crippen molar-refractivity contribution >= 4 is 46.5 Å². The zero-order chi connectivity index (χ0) is 19.4. The van der Waals surface area contributed by atoms with Crippen molar-refractivity contribution < 1.29 is 19.1 Å². The highest BCUT2D eigenvalue weighted by Gasteiger charge is 2.22. The molecule has 0 spiro atoms. The predicted molar refractivity (Wildman–Crippen MR) is 101 cm³/mol. The summed E-state index contributed by atoms with van der Waals surface area (Å²) in [6, 6.07) is 5.14. The van der Waals surface area contributed by atoms with E-state index in [9.17, 15) is 14.4 Å². The first-order chi connectivity index (χ1) is 13.0. The van der Waals surface area contributed by atoms with E-state index in [1.165, 1.54) is 11.1 Å². The van der Waals surface area contributed by atoms with E-state index in [-0.39, 0.29) is 24.8 Å². The lowest BCUT2D eigenvalue weighted by molar-refractivity contribution is -0.133. The maximum Gasteiger partial charge on any atom is 0.355 e. The summed E-state index contributed by atoms with van der Waals surface area (Å²) >= 11 is 6.00. The third-order valence-electron chi connectivity index (χ3n) is 4.17. The van der Waals surface area contributed by atoms with Gasteiger partial charge in [0.25, 0.3) is 5.91 Å². The number of hydrazone groups is 1. The van der Waals surface area contributed by atoms with Gasteiger partial charge in [-0.1, -0.05) is 17.7 Å². The molecule has 1 saturated heterocycles. The molecule has 0 atom stereocenters. The van der Waals surface area contributed by atoms with Crippen LogP contribution in [-0.4, -0.2) is 53.6 Å². The minimum Gasteiger partial charge on any atom is -0.461 e. The van der Waals surface area contributed by atoms with E-state index in [4.69, 9.17) is 16.3 Å². The van der Waals surface area contributed by atoms with Crippen molar-refractivity contribution in [3.8, 4) is 0 Å². The Kier molecular flexibility index (Phi) is 5.75. The van der Waals surface area contributed by atoms with Crippen LogP contribution in [0.3, 0.4) is 0 Å². The molecular formula is C18H19ClN4O4. The predicted octanol–water partition coefficient (Wildman–Crippen LogP) is 2.07. The first kappa shape index (κ1) is 18.9. The number of amides is 2. The number of fused-ring (bicyclic) bond motifs is 1. The normalized spacial score (nSPS) is 14.3. The fraction of sp³-hybridized carbons (Fsp3) is 0.333. The van der Waals surface area contributed by atoms with E-state index in [2.05, 4.69) is 15.5 Å². The highest BCUT2D eigenvalue weighted by Crippen LogP contribution is 2.24. The molecule has 0 radical (unpaired) electrons. The van der Waals surface area contributed by atoms with Gasteiger partial charge in [-0.05, 0) is 25.5 Å². The van der Waals surface area contributed by atoms with Gasteiger partial charge in [0.15, 0.2) is 0 Å². The molecule has 142 valence electrons. The molecule has 0 saturated carbocycles. The van der Waals surface area contributed by atoms with Crippen LogP contribution >= 0.6 is 11.6 Å². The van der Waals surface area contributed by atoms with E-state index in [0.717, 1.165) is 11.8 Å². The number of hydrogen-bond acceptors (Lipinski definition) is 5. The van der Waals surface area contributed by atoms with Crippen LogP contribution in [0.1, 0.15) is 35.8 Å². The van der Waals surface area contributed by atoms with Gasteiger partial charge in [0.2, 0.25) is 5.91 Å². The molecule has 2 N–H and O–H groups in total. The smallest absolute Gasteiger partial charge is 0.355 e. The lowest BCUT2D eigenvalue weighted by Crippen LogP contribution is -2.35. The molecule has 1 aromatic carbocycles. The van der Waals surface area contributed by atoms with Crippen molar-refractivity contribution in [2.75, 3.05) is 19.7 Å². The van der Waals surface area contributed by atoms with Crippen LogP contribution in [0.4, 0.5) is 0 Å². The van der Waals surface area contributed by atoms with E-state index < -0.39 is 11.9 Å². The van der Waals surface area contributed by atoms with Gasteiger partial charge < -0.3 is 14.6 Å². The zero-order valence-corrected chi connectivity index (χ0v) is 15.5. The number of aromatic nitrogens is 1. The van der Waals surface area contributed by atoms with E-state index in [1.54, 1.807) is 25.1 Å². The van der Waals surface area contributed by atoms with Crippen molar-refractivity contribution in [2.45, 2.75) is 19.8 Å². The van der Waals surface area contributed by atoms with Crippen molar-refractivity contribution in [3.63, 3.8) is 0 Å². The summed E-state index contributed by atoms with van der Waals surface area (Å²) in [4.78, 5) is 40.2. The lowest BCUT2D eigenvalue weighted by Gasteiger charge is -2.13. The van der Waals surface area contributed by atoms with Gasteiger partial charge in [0, 0.05) is 34.5 Å². The summed E-state index contributed by atoms with van der Waals surface area (Å²) in [5.41, 5.74) is 3.75. The first-order valence-corrected chi connectivity index (χ1v) is 8.95. The molecule has 2 amide bonds. The molecule has 0 aliphatic carbocycles. The number of carbonyl (C=O) groups excluding carboxylic acids is 3. The van der Waals surface area contributed by atoms with Crippen molar-refractivity contribution in [3.05, 3.63) is 34.5 Å². The van der Waals surface area contributed by atoms with E-state index in [1.807, 2.05) is 0 Å². The van der Waals surface area contributed by atoms with Gasteiger partial charge in [-0.25, -0.2) is 10.2 Å². The van der Waals surface area contributed by atoms with Crippen LogP contribution in [-0.2, 0) is 14.3 Å². The second-order valence-electron chi connectivity index (χ2n) is 6.04. The molecule has 2 aromatic rings. The molecule has 9 heteroatoms. The molecule has 1 aliphatic heterocycles. The van der Waals surface area contributed by atoms with Crippen molar-refractivity contribution in [2.24, 2.45) is 5.10 Å². The average molecular weight is 391 g/mol. The van der Waals surface area contributed by atoms with Crippen molar-refractivity contribution in [1.82, 2.24) is 15.3 Å². The number of nitrogens with one attached hydrogen (secondary N) is 2. The molecule has 0 unspecified atom stereocenters. The SMILES string of the molecule is CCOC(=O)c1[nH]c2cc(Cl)ccc2c1/C=N/NC(=O)CN1CCCC1=O. The van der Waals surface area contributed by atoms with Gasteiger partial charge in [0.05, 0.1) is 12.8 Å². The number of likely N-dealkylation sites (tertiary alicyclic amines) is 1. The van der Waals surface area contributed by atoms with Gasteiger partial charge in [-0.3, -0.25) is 9.59 Å². The largest absolute Gasteiger partial charge is 0.461 e. The quantitative estimate of drug-likeness (QED) is 0.447. The van der Waals surface area contributed by atoms with Gasteiger partial charge >= 0.3 is 5.97 Å². The summed E-state index contributed by atoms with van der Waals surface area (Å²) in [5.74, 6) is -0.963. The standard InChI is InChI=1S/C18H19ClN4O4/c1-2-27-18(26)17-13(12-6-5-11(19)8-14(12)21-17)9-20-22-15(24)10-23-7-3-4-16(23)25/h5-6,8-9,21H,2-4,7,10H2,1H3,(H,22,24)/b20-9+. The number of nitrogens with zero attached hydrogens (tertiary/aromatic N) is 2. The second kappa shape index (κ2) is 8.22. The monoisotopic (exact) mass is 390 g/mol. The Hall–Kier alpha value is -2.87. The van der Waals surface area contributed by atoms with Crippen LogP contribution in [0, 0.1) is 0 Å². The number of aromatic amines is 1. The van der Waals surface area contributed by atoms with Crippen LogP contribution in [0.2, 0.25) is 5.02 Å². The van der Waals surface area contributed by atoms with Gasteiger partial charge in [-0.15, -0.1) is 0 Å². The number of ether oxygens (including phenoxy) is 1. The molecule has 1 aliphatic rings. The van der Waals surface area contributed by atoms with Gasteiger partial charge in [-0.2, -0.15) is 5.10 Å². The number of benzene rings is 1. The highest BCUT2D eigenvalue weighted by molar-refractivity contribution is 6.31. The summed E-state index contributed by atoms with van der Waals surface area (Å²) in [6.07, 6.45) is 2.61. The number of H-pyrrole nitrogens is 1. The summed E-state index contributed by atoms with van der Waals surface area (Å²) in [7, 11) is 0. The summed E-state index contributed by atoms with van der Waals surface area (Å²) in [5, 5.41) is 5.17. The van der Waals surface area contributed by atoms with Crippen molar-refractivity contribution in [1.29, 1.82) is 0 Å². The summed E-state index contributed by atoms with van der Waals surface area (Å²) < 4.78 is 5.06. The highest BCUT2D eigenvalue weighted by atomic mass is 35.5. The van der Waals surface area contributed by atoms with Crippen LogP contribution in [0.5, 0.6) is 0 Å². The lowest BCUT2D eigenvalue weighted by atomic mass is 10.1. The number of esters is 1. The van der Waals surface area contributed by atoms with E-state index >= 15 is 0 Å². The zero-order valence-electron chi connectivity index (χ0n) is 14.8. The molecule has 27 heavy (non-hydrogen) atoms. The van der Waals surface area contributed by atoms with Crippen LogP contribution in [0.15, 0.2) is 23.3 Å². The molecule has 3 rings (SSSR count). The second-order valence-corrected chi connectivity index (χ2v) is 6.47. The van der Waals surface area contributed by atoms with Crippen LogP contribution < -0.4 is 5.43 Å². The average Bonchev–Trinajstić information content (AvgIpc) is 3.18. The molecule has 2 heterocycles. The number of rotatable bonds is 6. The summed E-state index contributed by atoms with van der Waals surface area (Å²) in [6.45, 7) is 2.48. The Labute approximate surface area is 160 Å². The maximum atomic E-state index is 12.2. The number of halogens is 1. The molecular weight excluding hydrogens is 372 g/mol. The minimum atomic E-state index is -0.528. The Morgan fingerprint density at radius 3 is 2.96 bits per heavy atom. The number of carbonyl (C=O) groups is 3. The maximum absolute atomic E-state index is 12.2. The van der Waals surface area contributed by atoms with E-state index in [0.29, 0.717) is 29.1 Å². The third kappa shape index (κ3) is 4.28. The third-order valence-corrected chi connectivity index (χ3v) is 4.40. The topological polar surface area (TPSA) is 104 Å². The fourth-order valence-corrected chi connectivity index (χ4v) is 3.11. The molecule has 1 fully saturated rings. The van der Waals surface area contributed by atoms with Crippen LogP contribution in [0.25, 0.3) is 10.9 Å². The molecule has 0 bridgehead atoms. The first-order valence-electron chi connectivity index (χ1n) is 8.57. The number of hydrogen-bond donors (Lipinski definition) is 2. The minimum absolute atomic E-state index is 0.0350. The Morgan fingerprint density at radius 1 is 1.44 bits per heavy atom. The Balaban J connectivity index is 1.78. The Bertz CT molecular complexity index is 921. The molecule has 1 aromatic heterocycles. The molecule has 8 nitrogen and oxygen atoms in total. The van der Waals surface area contributed by atoms with Gasteiger partial charge in [0.1, 0.15) is 12.2 Å². The fourth-order valence-electron chi connectivity index (χ4n) is 2.94. The Morgan fingerprint density at radius 2 is 2.26 bits per heavy atom.